The van der Waals surface area contributed by atoms with E-state index >= 15 is 0 Å². The highest BCUT2D eigenvalue weighted by Crippen LogP contribution is 2.44. The number of hydrogen-bond acceptors (Lipinski definition) is 5. The number of para-hydroxylation sites is 3. The van der Waals surface area contributed by atoms with E-state index in [2.05, 4.69) is 120 Å². The van der Waals surface area contributed by atoms with Crippen molar-refractivity contribution in [3.8, 4) is 51.0 Å². The first-order valence-corrected chi connectivity index (χ1v) is 19.0. The number of fused-ring (bicyclic) bond motifs is 10. The van der Waals surface area contributed by atoms with Gasteiger partial charge in [-0.2, -0.15) is 0 Å². The molecule has 6 nitrogen and oxygen atoms in total. The molecule has 0 amide bonds. The third-order valence-electron chi connectivity index (χ3n) is 11.1. The minimum absolute atomic E-state index is 0.530. The average Bonchev–Trinajstić information content (AvgIpc) is 3.96. The lowest BCUT2D eigenvalue weighted by molar-refractivity contribution is 0.669. The van der Waals surface area contributed by atoms with Crippen molar-refractivity contribution in [3.63, 3.8) is 0 Å². The highest BCUT2D eigenvalue weighted by atomic mass is 16.3. The van der Waals surface area contributed by atoms with Crippen LogP contribution in [-0.2, 0) is 0 Å². The van der Waals surface area contributed by atoms with E-state index in [9.17, 15) is 0 Å². The lowest BCUT2D eigenvalue weighted by Crippen LogP contribution is -2.00. The summed E-state index contributed by atoms with van der Waals surface area (Å²) in [6.07, 6.45) is 0. The summed E-state index contributed by atoms with van der Waals surface area (Å²) in [6.45, 7) is 0. The SMILES string of the molecule is c1ccc(-c2ccc3c(c2)c2c4oc5c(-c6nc(-c7ccccc7)nc(-c7cccc8oc9ccccc9c78)n6)cccc5c4ccc2n3-c2ccccc2)cc1. The van der Waals surface area contributed by atoms with Crippen LogP contribution >= 0.6 is 0 Å². The Bertz CT molecular complexity index is 3510. The molecule has 0 bridgehead atoms. The summed E-state index contributed by atoms with van der Waals surface area (Å²) in [5.41, 5.74) is 11.3. The van der Waals surface area contributed by atoms with Crippen LogP contribution in [0.25, 0.3) is 117 Å². The molecule has 0 aliphatic carbocycles. The van der Waals surface area contributed by atoms with Gasteiger partial charge in [0.2, 0.25) is 0 Å². The first kappa shape index (κ1) is 31.5. The van der Waals surface area contributed by atoms with Crippen molar-refractivity contribution in [1.29, 1.82) is 0 Å². The molecule has 4 heterocycles. The second-order valence-corrected chi connectivity index (χ2v) is 14.3. The maximum atomic E-state index is 7.13. The van der Waals surface area contributed by atoms with Crippen LogP contribution in [0.1, 0.15) is 0 Å². The van der Waals surface area contributed by atoms with Gasteiger partial charge in [-0.25, -0.2) is 15.0 Å². The van der Waals surface area contributed by atoms with Crippen LogP contribution in [0.3, 0.4) is 0 Å². The Morgan fingerprint density at radius 1 is 0.351 bits per heavy atom. The van der Waals surface area contributed by atoms with E-state index in [4.69, 9.17) is 23.8 Å². The second kappa shape index (κ2) is 12.3. The molecular weight excluding hydrogens is 701 g/mol. The van der Waals surface area contributed by atoms with Gasteiger partial charge in [-0.05, 0) is 65.7 Å². The fraction of sp³-hybridized carbons (Fsp3) is 0. The van der Waals surface area contributed by atoms with Crippen molar-refractivity contribution < 1.29 is 8.83 Å². The Morgan fingerprint density at radius 2 is 0.965 bits per heavy atom. The van der Waals surface area contributed by atoms with Gasteiger partial charge in [-0.1, -0.05) is 127 Å². The standard InChI is InChI=1S/C51H30N4O2/c1-4-14-31(15-5-1)33-26-28-41-40(30-33)46-42(55(41)34-18-8-3-9-19-34)29-27-36-35-21-12-23-39(47(35)57-48(36)46)51-53-49(32-16-6-2-7-17-32)52-50(54-51)38-22-13-25-44-45(38)37-20-10-11-24-43(37)56-44/h1-30H. The van der Waals surface area contributed by atoms with Gasteiger partial charge >= 0.3 is 0 Å². The molecule has 0 aliphatic rings. The minimum atomic E-state index is 0.530. The van der Waals surface area contributed by atoms with Gasteiger partial charge in [0.25, 0.3) is 0 Å². The lowest BCUT2D eigenvalue weighted by atomic mass is 10.0. The number of hydrogen-bond donors (Lipinski definition) is 0. The van der Waals surface area contributed by atoms with Gasteiger partial charge in [0.15, 0.2) is 17.5 Å². The first-order chi connectivity index (χ1) is 28.3. The Labute approximate surface area is 325 Å². The number of rotatable bonds is 5. The normalized spacial score (nSPS) is 11.9. The summed E-state index contributed by atoms with van der Waals surface area (Å²) in [4.78, 5) is 15.5. The van der Waals surface area contributed by atoms with E-state index < -0.39 is 0 Å². The van der Waals surface area contributed by atoms with Crippen molar-refractivity contribution in [2.45, 2.75) is 0 Å². The molecule has 0 N–H and O–H groups in total. The van der Waals surface area contributed by atoms with E-state index in [0.29, 0.717) is 17.5 Å². The van der Waals surface area contributed by atoms with E-state index in [0.717, 1.165) is 99.2 Å². The van der Waals surface area contributed by atoms with Gasteiger partial charge in [0.1, 0.15) is 22.3 Å². The third kappa shape index (κ3) is 4.87. The summed E-state index contributed by atoms with van der Waals surface area (Å²) < 4.78 is 15.7. The summed E-state index contributed by atoms with van der Waals surface area (Å²) in [5.74, 6) is 1.67. The smallest absolute Gasteiger partial charge is 0.167 e. The summed E-state index contributed by atoms with van der Waals surface area (Å²) in [7, 11) is 0. The summed E-state index contributed by atoms with van der Waals surface area (Å²) >= 11 is 0. The number of benzene rings is 8. The molecule has 0 aliphatic heterocycles. The van der Waals surface area contributed by atoms with Crippen LogP contribution < -0.4 is 0 Å². The van der Waals surface area contributed by atoms with Crippen molar-refractivity contribution in [3.05, 3.63) is 182 Å². The molecule has 6 heteroatoms. The molecule has 12 rings (SSSR count). The number of aromatic nitrogens is 4. The molecule has 4 aromatic heterocycles. The fourth-order valence-corrected chi connectivity index (χ4v) is 8.49. The third-order valence-corrected chi connectivity index (χ3v) is 11.1. The van der Waals surface area contributed by atoms with E-state index in [1.54, 1.807) is 0 Å². The highest BCUT2D eigenvalue weighted by Gasteiger charge is 2.23. The van der Waals surface area contributed by atoms with Crippen LogP contribution in [0.15, 0.2) is 191 Å². The predicted molar refractivity (Wildman–Crippen MR) is 230 cm³/mol. The van der Waals surface area contributed by atoms with Gasteiger partial charge in [0.05, 0.1) is 22.0 Å². The fourth-order valence-electron chi connectivity index (χ4n) is 8.49. The van der Waals surface area contributed by atoms with Crippen molar-refractivity contribution in [1.82, 2.24) is 19.5 Å². The highest BCUT2D eigenvalue weighted by molar-refractivity contribution is 6.25. The van der Waals surface area contributed by atoms with Gasteiger partial charge in [-0.3, -0.25) is 0 Å². The Kier molecular flexibility index (Phi) is 6.83. The Hall–Kier alpha value is -7.83. The molecule has 0 spiro atoms. The largest absolute Gasteiger partial charge is 0.456 e. The van der Waals surface area contributed by atoms with Crippen LogP contribution in [0.4, 0.5) is 0 Å². The molecule has 0 atom stereocenters. The molecule has 57 heavy (non-hydrogen) atoms. The van der Waals surface area contributed by atoms with Crippen molar-refractivity contribution in [2.75, 3.05) is 0 Å². The molecule has 0 fully saturated rings. The van der Waals surface area contributed by atoms with E-state index in [1.165, 1.54) is 0 Å². The average molecular weight is 731 g/mol. The number of nitrogens with zero attached hydrogens (tertiary/aromatic N) is 4. The second-order valence-electron chi connectivity index (χ2n) is 14.3. The molecule has 8 aromatic carbocycles. The first-order valence-electron chi connectivity index (χ1n) is 19.0. The predicted octanol–water partition coefficient (Wildman–Crippen LogP) is 13.4. The maximum Gasteiger partial charge on any atom is 0.167 e. The molecule has 266 valence electrons. The van der Waals surface area contributed by atoms with Crippen molar-refractivity contribution in [2.24, 2.45) is 0 Å². The summed E-state index contributed by atoms with van der Waals surface area (Å²) in [6, 6.07) is 62.6. The van der Waals surface area contributed by atoms with E-state index in [-0.39, 0.29) is 0 Å². The molecular formula is C51H30N4O2. The molecule has 0 saturated heterocycles. The lowest BCUT2D eigenvalue weighted by Gasteiger charge is -2.09. The Balaban J connectivity index is 1.14. The zero-order valence-electron chi connectivity index (χ0n) is 30.4. The van der Waals surface area contributed by atoms with Gasteiger partial charge in [-0.15, -0.1) is 0 Å². The maximum absolute atomic E-state index is 7.13. The van der Waals surface area contributed by atoms with Crippen LogP contribution in [0.5, 0.6) is 0 Å². The summed E-state index contributed by atoms with van der Waals surface area (Å²) in [5, 5.41) is 6.19. The van der Waals surface area contributed by atoms with Crippen LogP contribution in [-0.4, -0.2) is 19.5 Å². The zero-order valence-corrected chi connectivity index (χ0v) is 30.4. The molecule has 0 saturated carbocycles. The van der Waals surface area contributed by atoms with Gasteiger partial charge in [0, 0.05) is 43.7 Å². The zero-order chi connectivity index (χ0) is 37.5. The molecule has 0 radical (unpaired) electrons. The minimum Gasteiger partial charge on any atom is -0.456 e. The molecule has 12 aromatic rings. The topological polar surface area (TPSA) is 69.9 Å². The Morgan fingerprint density at radius 3 is 1.79 bits per heavy atom. The van der Waals surface area contributed by atoms with E-state index in [1.807, 2.05) is 66.7 Å². The van der Waals surface area contributed by atoms with Gasteiger partial charge < -0.3 is 13.4 Å². The molecule has 0 unspecified atom stereocenters. The van der Waals surface area contributed by atoms with Crippen LogP contribution in [0.2, 0.25) is 0 Å². The number of furan rings is 2. The monoisotopic (exact) mass is 730 g/mol. The van der Waals surface area contributed by atoms with Crippen molar-refractivity contribution >= 4 is 65.7 Å². The van der Waals surface area contributed by atoms with Crippen LogP contribution in [0, 0.1) is 0 Å². The quantitative estimate of drug-likeness (QED) is 0.176.